The molecule has 0 unspecified atom stereocenters. The number of anilines is 2. The molecule has 0 aromatic heterocycles. The van der Waals surface area contributed by atoms with Crippen LogP contribution in [0.25, 0.3) is 0 Å². The van der Waals surface area contributed by atoms with Crippen LogP contribution < -0.4 is 10.2 Å². The predicted octanol–water partition coefficient (Wildman–Crippen LogP) is 5.52. The Kier molecular flexibility index (Phi) is 6.68. The Morgan fingerprint density at radius 1 is 0.844 bits per heavy atom. The molecule has 1 aliphatic heterocycles. The van der Waals surface area contributed by atoms with E-state index in [2.05, 4.69) is 10.2 Å². The van der Waals surface area contributed by atoms with Crippen molar-refractivity contribution < 1.29 is 9.59 Å². The van der Waals surface area contributed by atoms with Crippen molar-refractivity contribution in [2.75, 3.05) is 36.4 Å². The molecule has 1 fully saturated rings. The van der Waals surface area contributed by atoms with Crippen molar-refractivity contribution in [2.45, 2.75) is 6.92 Å². The van der Waals surface area contributed by atoms with E-state index in [-0.39, 0.29) is 11.8 Å². The van der Waals surface area contributed by atoms with Crippen molar-refractivity contribution in [3.8, 4) is 0 Å². The van der Waals surface area contributed by atoms with Crippen LogP contribution in [0.15, 0.2) is 66.7 Å². The lowest BCUT2D eigenvalue weighted by molar-refractivity contribution is 0.0746. The van der Waals surface area contributed by atoms with Crippen molar-refractivity contribution in [1.29, 1.82) is 0 Å². The van der Waals surface area contributed by atoms with E-state index in [0.29, 0.717) is 53.0 Å². The van der Waals surface area contributed by atoms with Crippen LogP contribution in [-0.4, -0.2) is 42.9 Å². The van der Waals surface area contributed by atoms with Gasteiger partial charge in [0.1, 0.15) is 0 Å². The Balaban J connectivity index is 1.39. The average molecular weight is 468 g/mol. The summed E-state index contributed by atoms with van der Waals surface area (Å²) in [6.07, 6.45) is 0. The number of halogens is 2. The standard InChI is InChI=1S/C25H23Cl2N3O2/c1-17-7-9-20(21(26)15-17)24(31)28-19-8-10-23(22(27)16-19)29-11-13-30(14-12-29)25(32)18-5-3-2-4-6-18/h2-10,15-16H,11-14H2,1H3,(H,28,31). The number of benzene rings is 3. The van der Waals surface area contributed by atoms with Crippen molar-refractivity contribution in [2.24, 2.45) is 0 Å². The van der Waals surface area contributed by atoms with Gasteiger partial charge in [0, 0.05) is 37.4 Å². The summed E-state index contributed by atoms with van der Waals surface area (Å²) in [5.74, 6) is -0.240. The fourth-order valence-corrected chi connectivity index (χ4v) is 4.38. The minimum absolute atomic E-state index is 0.0455. The van der Waals surface area contributed by atoms with Gasteiger partial charge in [-0.3, -0.25) is 9.59 Å². The summed E-state index contributed by atoms with van der Waals surface area (Å²) in [7, 11) is 0. The number of hydrogen-bond donors (Lipinski definition) is 1. The Bertz CT molecular complexity index is 1140. The van der Waals surface area contributed by atoms with Crippen LogP contribution in [0.3, 0.4) is 0 Å². The lowest BCUT2D eigenvalue weighted by Crippen LogP contribution is -2.48. The second-order valence-electron chi connectivity index (χ2n) is 7.75. The van der Waals surface area contributed by atoms with Gasteiger partial charge in [0.15, 0.2) is 0 Å². The van der Waals surface area contributed by atoms with Crippen LogP contribution in [0.5, 0.6) is 0 Å². The molecule has 2 amide bonds. The molecule has 0 spiro atoms. The average Bonchev–Trinajstić information content (AvgIpc) is 2.79. The lowest BCUT2D eigenvalue weighted by Gasteiger charge is -2.36. The fourth-order valence-electron chi connectivity index (χ4n) is 3.76. The Morgan fingerprint density at radius 2 is 1.56 bits per heavy atom. The van der Waals surface area contributed by atoms with Crippen molar-refractivity contribution in [3.05, 3.63) is 93.5 Å². The molecular weight excluding hydrogens is 445 g/mol. The van der Waals surface area contributed by atoms with Crippen molar-refractivity contribution in [3.63, 3.8) is 0 Å². The summed E-state index contributed by atoms with van der Waals surface area (Å²) < 4.78 is 0. The molecule has 7 heteroatoms. The van der Waals surface area contributed by atoms with Crippen LogP contribution in [0, 0.1) is 6.92 Å². The van der Waals surface area contributed by atoms with E-state index in [1.54, 1.807) is 18.2 Å². The van der Waals surface area contributed by atoms with Gasteiger partial charge in [0.25, 0.3) is 11.8 Å². The van der Waals surface area contributed by atoms with Crippen molar-refractivity contribution in [1.82, 2.24) is 4.90 Å². The highest BCUT2D eigenvalue weighted by Crippen LogP contribution is 2.30. The molecule has 4 rings (SSSR count). The number of nitrogens with one attached hydrogen (secondary N) is 1. The van der Waals surface area contributed by atoms with Crippen LogP contribution >= 0.6 is 23.2 Å². The summed E-state index contributed by atoms with van der Waals surface area (Å²) in [6.45, 7) is 4.53. The summed E-state index contributed by atoms with van der Waals surface area (Å²) in [5, 5.41) is 3.80. The second kappa shape index (κ2) is 9.63. The summed E-state index contributed by atoms with van der Waals surface area (Å²) in [5.41, 5.74) is 3.58. The number of carbonyl (C=O) groups is 2. The summed E-state index contributed by atoms with van der Waals surface area (Å²) in [6, 6.07) is 20.1. The zero-order valence-electron chi connectivity index (χ0n) is 17.6. The topological polar surface area (TPSA) is 52.7 Å². The Morgan fingerprint density at radius 3 is 2.22 bits per heavy atom. The first-order valence-electron chi connectivity index (χ1n) is 10.4. The minimum atomic E-state index is -0.285. The third-order valence-electron chi connectivity index (χ3n) is 5.50. The maximum absolute atomic E-state index is 12.6. The Labute approximate surface area is 197 Å². The molecule has 0 aliphatic carbocycles. The molecular formula is C25H23Cl2N3O2. The third kappa shape index (κ3) is 4.90. The van der Waals surface area contributed by atoms with Gasteiger partial charge in [-0.1, -0.05) is 47.5 Å². The number of aryl methyl sites for hydroxylation is 1. The summed E-state index contributed by atoms with van der Waals surface area (Å²) in [4.78, 5) is 29.2. The molecule has 1 N–H and O–H groups in total. The molecule has 5 nitrogen and oxygen atoms in total. The smallest absolute Gasteiger partial charge is 0.257 e. The lowest BCUT2D eigenvalue weighted by atomic mass is 10.1. The molecule has 1 aliphatic rings. The van der Waals surface area contributed by atoms with E-state index in [0.717, 1.165) is 11.3 Å². The van der Waals surface area contributed by atoms with Crippen molar-refractivity contribution >= 4 is 46.4 Å². The van der Waals surface area contributed by atoms with Crippen LogP contribution in [0.1, 0.15) is 26.3 Å². The first-order chi connectivity index (χ1) is 15.4. The molecule has 1 saturated heterocycles. The van der Waals surface area contributed by atoms with Gasteiger partial charge < -0.3 is 15.1 Å². The minimum Gasteiger partial charge on any atom is -0.367 e. The largest absolute Gasteiger partial charge is 0.367 e. The number of hydrogen-bond acceptors (Lipinski definition) is 3. The normalized spacial score (nSPS) is 13.7. The van der Waals surface area contributed by atoms with Gasteiger partial charge in [0.05, 0.1) is 21.3 Å². The fraction of sp³-hybridized carbons (Fsp3) is 0.200. The van der Waals surface area contributed by atoms with E-state index in [4.69, 9.17) is 23.2 Å². The first kappa shape index (κ1) is 22.2. The molecule has 32 heavy (non-hydrogen) atoms. The molecule has 3 aromatic carbocycles. The van der Waals surface area contributed by atoms with Gasteiger partial charge in [-0.25, -0.2) is 0 Å². The number of carbonyl (C=O) groups excluding carboxylic acids is 2. The quantitative estimate of drug-likeness (QED) is 0.549. The van der Waals surface area contributed by atoms with E-state index in [1.165, 1.54) is 0 Å². The zero-order chi connectivity index (χ0) is 22.7. The van der Waals surface area contributed by atoms with E-state index >= 15 is 0 Å². The highest BCUT2D eigenvalue weighted by Gasteiger charge is 2.23. The molecule has 0 atom stereocenters. The highest BCUT2D eigenvalue weighted by molar-refractivity contribution is 6.35. The number of rotatable bonds is 4. The van der Waals surface area contributed by atoms with Gasteiger partial charge in [-0.2, -0.15) is 0 Å². The molecule has 164 valence electrons. The van der Waals surface area contributed by atoms with E-state index in [1.807, 2.05) is 60.4 Å². The number of nitrogens with zero attached hydrogens (tertiary/aromatic N) is 2. The Hall–Kier alpha value is -3.02. The van der Waals surface area contributed by atoms with E-state index in [9.17, 15) is 9.59 Å². The second-order valence-corrected chi connectivity index (χ2v) is 8.56. The SMILES string of the molecule is Cc1ccc(C(=O)Nc2ccc(N3CCN(C(=O)c4ccccc4)CC3)c(Cl)c2)c(Cl)c1. The molecule has 0 saturated carbocycles. The molecule has 3 aromatic rings. The molecule has 0 radical (unpaired) electrons. The number of piperazine rings is 1. The maximum atomic E-state index is 12.6. The zero-order valence-corrected chi connectivity index (χ0v) is 19.2. The predicted molar refractivity (Wildman–Crippen MR) is 130 cm³/mol. The van der Waals surface area contributed by atoms with Gasteiger partial charge in [-0.05, 0) is 55.0 Å². The van der Waals surface area contributed by atoms with Crippen LogP contribution in [0.4, 0.5) is 11.4 Å². The van der Waals surface area contributed by atoms with Gasteiger partial charge in [0.2, 0.25) is 0 Å². The van der Waals surface area contributed by atoms with Crippen LogP contribution in [0.2, 0.25) is 10.0 Å². The number of amides is 2. The van der Waals surface area contributed by atoms with Crippen LogP contribution in [-0.2, 0) is 0 Å². The highest BCUT2D eigenvalue weighted by atomic mass is 35.5. The first-order valence-corrected chi connectivity index (χ1v) is 11.1. The van der Waals surface area contributed by atoms with Gasteiger partial charge in [-0.15, -0.1) is 0 Å². The summed E-state index contributed by atoms with van der Waals surface area (Å²) >= 11 is 12.7. The molecule has 0 bridgehead atoms. The van der Waals surface area contributed by atoms with E-state index < -0.39 is 0 Å². The molecule has 1 heterocycles. The monoisotopic (exact) mass is 467 g/mol. The third-order valence-corrected chi connectivity index (χ3v) is 6.12. The van der Waals surface area contributed by atoms with Gasteiger partial charge >= 0.3 is 0 Å². The maximum Gasteiger partial charge on any atom is 0.257 e.